The molecule has 6 nitrogen and oxygen atoms in total. The van der Waals surface area contributed by atoms with Crippen molar-refractivity contribution in [3.05, 3.63) is 34.6 Å². The van der Waals surface area contributed by atoms with Gasteiger partial charge < -0.3 is 16.8 Å². The fraction of sp³-hybridized carbons (Fsp3) is 0.154. The normalized spacial score (nSPS) is 12.0. The molecule has 1 atom stereocenters. The number of hydrogen-bond donors (Lipinski definition) is 3. The van der Waals surface area contributed by atoms with Gasteiger partial charge >= 0.3 is 0 Å². The number of amides is 1. The summed E-state index contributed by atoms with van der Waals surface area (Å²) in [6.45, 7) is 1.65. The number of aromatic nitrogens is 2. The van der Waals surface area contributed by atoms with E-state index in [4.69, 9.17) is 11.5 Å². The number of benzene rings is 1. The third kappa shape index (κ3) is 4.31. The number of nitrogens with one attached hydrogen (secondary N) is 1. The summed E-state index contributed by atoms with van der Waals surface area (Å²) in [4.78, 5) is 20.1. The van der Waals surface area contributed by atoms with Crippen molar-refractivity contribution in [1.29, 1.82) is 0 Å². The van der Waals surface area contributed by atoms with Crippen LogP contribution in [-0.2, 0) is 4.79 Å². The number of anilines is 3. The molecule has 9 heteroatoms. The Morgan fingerprint density at radius 2 is 1.95 bits per heavy atom. The summed E-state index contributed by atoms with van der Waals surface area (Å²) in [6.07, 6.45) is 0. The van der Waals surface area contributed by atoms with Crippen LogP contribution in [0.1, 0.15) is 6.92 Å². The van der Waals surface area contributed by atoms with Crippen LogP contribution in [0.5, 0.6) is 0 Å². The van der Waals surface area contributed by atoms with Crippen LogP contribution < -0.4 is 16.8 Å². The average molecular weight is 386 g/mol. The molecule has 1 aromatic heterocycles. The first-order valence-corrected chi connectivity index (χ1v) is 7.85. The first-order valence-electron chi connectivity index (χ1n) is 6.18. The zero-order valence-electron chi connectivity index (χ0n) is 11.5. The molecule has 1 amide bonds. The molecule has 2 aromatic rings. The van der Waals surface area contributed by atoms with Crippen molar-refractivity contribution in [3.8, 4) is 0 Å². The van der Waals surface area contributed by atoms with Gasteiger partial charge in [0, 0.05) is 10.5 Å². The SMILES string of the molecule is CC(Sc1nc(N)cc(N)n1)C(=O)Nc1ccc(Br)cc1F. The monoisotopic (exact) mass is 385 g/mol. The molecule has 116 valence electrons. The largest absolute Gasteiger partial charge is 0.383 e. The first-order chi connectivity index (χ1) is 10.3. The van der Waals surface area contributed by atoms with E-state index in [-0.39, 0.29) is 28.4 Å². The van der Waals surface area contributed by atoms with E-state index >= 15 is 0 Å². The Morgan fingerprint density at radius 3 is 2.55 bits per heavy atom. The number of carbonyl (C=O) groups is 1. The van der Waals surface area contributed by atoms with Crippen molar-refractivity contribution < 1.29 is 9.18 Å². The number of nitrogens with two attached hydrogens (primary N) is 2. The molecule has 0 saturated heterocycles. The van der Waals surface area contributed by atoms with Crippen molar-refractivity contribution in [2.24, 2.45) is 0 Å². The quantitative estimate of drug-likeness (QED) is 0.551. The minimum atomic E-state index is -0.552. The van der Waals surface area contributed by atoms with Crippen molar-refractivity contribution in [3.63, 3.8) is 0 Å². The van der Waals surface area contributed by atoms with Crippen molar-refractivity contribution >= 4 is 50.9 Å². The summed E-state index contributed by atoms with van der Waals surface area (Å²) >= 11 is 4.23. The molecule has 0 saturated carbocycles. The van der Waals surface area contributed by atoms with E-state index in [2.05, 4.69) is 31.2 Å². The molecule has 1 heterocycles. The number of thioether (sulfide) groups is 1. The number of hydrogen-bond acceptors (Lipinski definition) is 6. The molecule has 0 aliphatic rings. The van der Waals surface area contributed by atoms with Crippen LogP contribution in [0.4, 0.5) is 21.7 Å². The van der Waals surface area contributed by atoms with E-state index in [9.17, 15) is 9.18 Å². The van der Waals surface area contributed by atoms with Gasteiger partial charge in [0.05, 0.1) is 10.9 Å². The summed E-state index contributed by atoms with van der Waals surface area (Å²) in [7, 11) is 0. The Bertz CT molecular complexity index is 695. The van der Waals surface area contributed by atoms with Crippen LogP contribution in [0, 0.1) is 5.82 Å². The molecular weight excluding hydrogens is 373 g/mol. The minimum Gasteiger partial charge on any atom is -0.383 e. The van der Waals surface area contributed by atoms with E-state index < -0.39 is 11.1 Å². The van der Waals surface area contributed by atoms with Gasteiger partial charge in [-0.15, -0.1) is 0 Å². The van der Waals surface area contributed by atoms with Crippen LogP contribution >= 0.6 is 27.7 Å². The Labute approximate surface area is 139 Å². The molecule has 0 fully saturated rings. The molecule has 0 bridgehead atoms. The molecule has 2 rings (SSSR count). The summed E-state index contributed by atoms with van der Waals surface area (Å²) < 4.78 is 14.3. The predicted molar refractivity (Wildman–Crippen MR) is 88.9 cm³/mol. The van der Waals surface area contributed by atoms with Crippen molar-refractivity contribution in [2.45, 2.75) is 17.3 Å². The lowest BCUT2D eigenvalue weighted by Gasteiger charge is -2.12. The van der Waals surface area contributed by atoms with E-state index in [0.29, 0.717) is 4.47 Å². The van der Waals surface area contributed by atoms with E-state index in [1.807, 2.05) is 0 Å². The second-order valence-electron chi connectivity index (χ2n) is 4.37. The first kappa shape index (κ1) is 16.5. The van der Waals surface area contributed by atoms with Crippen LogP contribution in [0.25, 0.3) is 0 Å². The van der Waals surface area contributed by atoms with Crippen LogP contribution in [-0.4, -0.2) is 21.1 Å². The van der Waals surface area contributed by atoms with E-state index in [0.717, 1.165) is 11.8 Å². The maximum Gasteiger partial charge on any atom is 0.237 e. The molecule has 1 unspecified atom stereocenters. The molecule has 0 aliphatic heterocycles. The number of nitrogens with zero attached hydrogens (tertiary/aromatic N) is 2. The zero-order chi connectivity index (χ0) is 16.3. The average Bonchev–Trinajstić information content (AvgIpc) is 2.40. The van der Waals surface area contributed by atoms with Crippen molar-refractivity contribution in [2.75, 3.05) is 16.8 Å². The number of carbonyl (C=O) groups excluding carboxylic acids is 1. The minimum absolute atomic E-state index is 0.105. The van der Waals surface area contributed by atoms with Gasteiger partial charge in [0.2, 0.25) is 5.91 Å². The molecule has 22 heavy (non-hydrogen) atoms. The fourth-order valence-electron chi connectivity index (χ4n) is 1.55. The Hall–Kier alpha value is -1.87. The smallest absolute Gasteiger partial charge is 0.237 e. The highest BCUT2D eigenvalue weighted by molar-refractivity contribution is 9.10. The lowest BCUT2D eigenvalue weighted by Crippen LogP contribution is -2.23. The number of halogens is 2. The Balaban J connectivity index is 2.05. The maximum atomic E-state index is 13.7. The molecule has 0 spiro atoms. The molecule has 0 radical (unpaired) electrons. The van der Waals surface area contributed by atoms with E-state index in [1.54, 1.807) is 13.0 Å². The summed E-state index contributed by atoms with van der Waals surface area (Å²) in [6, 6.07) is 5.81. The van der Waals surface area contributed by atoms with Gasteiger partial charge in [0.15, 0.2) is 5.16 Å². The highest BCUT2D eigenvalue weighted by Gasteiger charge is 2.18. The summed E-state index contributed by atoms with van der Waals surface area (Å²) in [5.74, 6) is -0.455. The van der Waals surface area contributed by atoms with Crippen molar-refractivity contribution in [1.82, 2.24) is 9.97 Å². The fourth-order valence-corrected chi connectivity index (χ4v) is 2.68. The van der Waals surface area contributed by atoms with E-state index in [1.165, 1.54) is 18.2 Å². The molecular formula is C13H13BrFN5OS. The molecule has 0 aliphatic carbocycles. The maximum absolute atomic E-state index is 13.7. The zero-order valence-corrected chi connectivity index (χ0v) is 13.9. The standard InChI is InChI=1S/C13H13BrFN5OS/c1-6(22-13-19-10(16)5-11(17)20-13)12(21)18-9-3-2-7(14)4-8(9)15/h2-6H,1H3,(H,18,21)(H4,16,17,19,20). The van der Waals surface area contributed by atoms with Gasteiger partial charge in [-0.25, -0.2) is 14.4 Å². The lowest BCUT2D eigenvalue weighted by atomic mass is 10.3. The third-order valence-corrected chi connectivity index (χ3v) is 4.04. The van der Waals surface area contributed by atoms with Gasteiger partial charge in [-0.3, -0.25) is 4.79 Å². The highest BCUT2D eigenvalue weighted by Crippen LogP contribution is 2.24. The van der Waals surface area contributed by atoms with Gasteiger partial charge in [-0.2, -0.15) is 0 Å². The van der Waals surface area contributed by atoms with Crippen LogP contribution in [0.2, 0.25) is 0 Å². The molecule has 1 aromatic carbocycles. The Morgan fingerprint density at radius 1 is 1.32 bits per heavy atom. The lowest BCUT2D eigenvalue weighted by molar-refractivity contribution is -0.115. The van der Waals surface area contributed by atoms with Crippen LogP contribution in [0.15, 0.2) is 33.9 Å². The Kier molecular flexibility index (Phi) is 5.19. The topological polar surface area (TPSA) is 107 Å². The summed E-state index contributed by atoms with van der Waals surface area (Å²) in [5.41, 5.74) is 11.2. The third-order valence-electron chi connectivity index (χ3n) is 2.59. The van der Waals surface area contributed by atoms with Gasteiger partial charge in [-0.05, 0) is 25.1 Å². The summed E-state index contributed by atoms with van der Waals surface area (Å²) in [5, 5.41) is 2.25. The highest BCUT2D eigenvalue weighted by atomic mass is 79.9. The van der Waals surface area contributed by atoms with Gasteiger partial charge in [0.25, 0.3) is 0 Å². The molecule has 5 N–H and O–H groups in total. The number of rotatable bonds is 4. The van der Waals surface area contributed by atoms with Crippen LogP contribution in [0.3, 0.4) is 0 Å². The second-order valence-corrected chi connectivity index (χ2v) is 6.60. The second kappa shape index (κ2) is 6.93. The van der Waals surface area contributed by atoms with Gasteiger partial charge in [0.1, 0.15) is 17.5 Å². The number of nitrogen functional groups attached to an aromatic ring is 2. The van der Waals surface area contributed by atoms with Gasteiger partial charge in [-0.1, -0.05) is 27.7 Å². The predicted octanol–water partition coefficient (Wildman–Crippen LogP) is 2.66.